The highest BCUT2D eigenvalue weighted by atomic mass is 79.9. The lowest BCUT2D eigenvalue weighted by molar-refractivity contribution is 0.0697. The molecule has 4 rings (SSSR count). The van der Waals surface area contributed by atoms with E-state index in [0.717, 1.165) is 21.3 Å². The molecule has 5 nitrogen and oxygen atoms in total. The van der Waals surface area contributed by atoms with E-state index in [0.29, 0.717) is 23.3 Å². The first-order chi connectivity index (χ1) is 11.5. The van der Waals surface area contributed by atoms with Crippen molar-refractivity contribution in [3.8, 4) is 0 Å². The van der Waals surface area contributed by atoms with Crippen LogP contribution in [0.25, 0.3) is 22.6 Å². The van der Waals surface area contributed by atoms with Gasteiger partial charge in [0.25, 0.3) is 5.56 Å². The van der Waals surface area contributed by atoms with Gasteiger partial charge in [0, 0.05) is 21.3 Å². The molecule has 1 aromatic carbocycles. The molecule has 0 atom stereocenters. The summed E-state index contributed by atoms with van der Waals surface area (Å²) in [5.74, 6) is -0.405. The molecule has 120 valence electrons. The van der Waals surface area contributed by atoms with Crippen LogP contribution in [0.2, 0.25) is 0 Å². The minimum Gasteiger partial charge on any atom is -0.478 e. The molecular weight excluding hydrogens is 392 g/mol. The summed E-state index contributed by atoms with van der Waals surface area (Å²) in [5, 5.41) is 11.6. The molecule has 3 aromatic rings. The Hall–Kier alpha value is -2.25. The molecule has 0 saturated carbocycles. The van der Waals surface area contributed by atoms with Crippen LogP contribution in [0, 0.1) is 0 Å². The normalized spacial score (nSPS) is 15.1. The van der Waals surface area contributed by atoms with Gasteiger partial charge in [-0.2, -0.15) is 0 Å². The zero-order valence-electron chi connectivity index (χ0n) is 12.3. The number of fused-ring (bicyclic) bond motifs is 2. The number of nitrogens with zero attached hydrogens (tertiary/aromatic N) is 2. The van der Waals surface area contributed by atoms with Gasteiger partial charge in [-0.05, 0) is 58.3 Å². The maximum atomic E-state index is 12.6. The van der Waals surface area contributed by atoms with E-state index in [1.807, 2.05) is 17.5 Å². The van der Waals surface area contributed by atoms with Crippen molar-refractivity contribution in [3.63, 3.8) is 0 Å². The SMILES string of the molecule is O=C(O)c1ccc2c(=O)n3c(nc2c1)/C(=C/c1cc(Br)cs1)CC3. The zero-order valence-corrected chi connectivity index (χ0v) is 14.7. The molecule has 0 unspecified atom stereocenters. The Bertz CT molecular complexity index is 1080. The number of aromatic carboxylic acids is 1. The molecule has 0 fully saturated rings. The zero-order chi connectivity index (χ0) is 16.8. The highest BCUT2D eigenvalue weighted by Gasteiger charge is 2.21. The Morgan fingerprint density at radius 2 is 2.21 bits per heavy atom. The van der Waals surface area contributed by atoms with Crippen LogP contribution in [0.5, 0.6) is 0 Å². The highest BCUT2D eigenvalue weighted by Crippen LogP contribution is 2.30. The molecule has 7 heteroatoms. The summed E-state index contributed by atoms with van der Waals surface area (Å²) in [6.45, 7) is 0.593. The van der Waals surface area contributed by atoms with Gasteiger partial charge in [0.05, 0.1) is 16.5 Å². The fourth-order valence-corrected chi connectivity index (χ4v) is 4.26. The van der Waals surface area contributed by atoms with E-state index in [1.54, 1.807) is 22.0 Å². The van der Waals surface area contributed by atoms with Crippen molar-refractivity contribution in [1.29, 1.82) is 0 Å². The van der Waals surface area contributed by atoms with Gasteiger partial charge in [0.1, 0.15) is 5.82 Å². The summed E-state index contributed by atoms with van der Waals surface area (Å²) in [6, 6.07) is 6.45. The van der Waals surface area contributed by atoms with E-state index in [-0.39, 0.29) is 11.1 Å². The van der Waals surface area contributed by atoms with E-state index >= 15 is 0 Å². The number of carboxylic acids is 1. The second kappa shape index (κ2) is 5.68. The molecule has 24 heavy (non-hydrogen) atoms. The third kappa shape index (κ3) is 2.50. The van der Waals surface area contributed by atoms with E-state index < -0.39 is 5.97 Å². The fraction of sp³-hybridized carbons (Fsp3) is 0.118. The average molecular weight is 403 g/mol. The molecule has 0 saturated heterocycles. The number of rotatable bonds is 2. The van der Waals surface area contributed by atoms with Crippen LogP contribution in [0.4, 0.5) is 0 Å². The largest absolute Gasteiger partial charge is 0.478 e. The maximum absolute atomic E-state index is 12.6. The Morgan fingerprint density at radius 1 is 1.38 bits per heavy atom. The lowest BCUT2D eigenvalue weighted by atomic mass is 10.1. The molecule has 0 radical (unpaired) electrons. The molecular formula is C17H11BrN2O3S. The standard InChI is InChI=1S/C17H11BrN2O3S/c18-11-7-12(24-8-11)5-9-3-4-20-15(9)19-14-6-10(17(22)23)1-2-13(14)16(20)21/h1-2,5-8H,3-4H2,(H,22,23)/b9-5+. The summed E-state index contributed by atoms with van der Waals surface area (Å²) >= 11 is 5.04. The second-order valence-corrected chi connectivity index (χ2v) is 7.37. The molecule has 1 N–H and O–H groups in total. The number of aromatic nitrogens is 2. The molecule has 0 spiro atoms. The van der Waals surface area contributed by atoms with Crippen LogP contribution < -0.4 is 5.56 Å². The van der Waals surface area contributed by atoms with Crippen LogP contribution in [0.3, 0.4) is 0 Å². The number of hydrogen-bond donors (Lipinski definition) is 1. The van der Waals surface area contributed by atoms with Crippen molar-refractivity contribution in [2.45, 2.75) is 13.0 Å². The van der Waals surface area contributed by atoms with E-state index in [2.05, 4.69) is 20.9 Å². The van der Waals surface area contributed by atoms with Gasteiger partial charge in [0.15, 0.2) is 0 Å². The van der Waals surface area contributed by atoms with Gasteiger partial charge in [0.2, 0.25) is 0 Å². The number of carboxylic acid groups (broad SMARTS) is 1. The van der Waals surface area contributed by atoms with Crippen molar-refractivity contribution >= 4 is 55.8 Å². The van der Waals surface area contributed by atoms with Crippen molar-refractivity contribution < 1.29 is 9.90 Å². The summed E-state index contributed by atoms with van der Waals surface area (Å²) < 4.78 is 2.68. The quantitative estimate of drug-likeness (QED) is 0.705. The van der Waals surface area contributed by atoms with Gasteiger partial charge in [-0.25, -0.2) is 9.78 Å². The van der Waals surface area contributed by atoms with Crippen LogP contribution in [0.15, 0.2) is 38.9 Å². The van der Waals surface area contributed by atoms with Gasteiger partial charge >= 0.3 is 5.97 Å². The molecule has 3 heterocycles. The third-order valence-corrected chi connectivity index (χ3v) is 5.64. The number of thiophene rings is 1. The summed E-state index contributed by atoms with van der Waals surface area (Å²) in [6.07, 6.45) is 2.77. The van der Waals surface area contributed by atoms with Gasteiger partial charge in [-0.3, -0.25) is 9.36 Å². The van der Waals surface area contributed by atoms with Crippen LogP contribution in [0.1, 0.15) is 27.5 Å². The number of hydrogen-bond acceptors (Lipinski definition) is 4. The summed E-state index contributed by atoms with van der Waals surface area (Å²) in [7, 11) is 0. The predicted molar refractivity (Wildman–Crippen MR) is 97.5 cm³/mol. The second-order valence-electron chi connectivity index (χ2n) is 5.52. The maximum Gasteiger partial charge on any atom is 0.335 e. The van der Waals surface area contributed by atoms with Crippen LogP contribution >= 0.6 is 27.3 Å². The van der Waals surface area contributed by atoms with Crippen molar-refractivity contribution in [1.82, 2.24) is 9.55 Å². The molecule has 0 amide bonds. The van der Waals surface area contributed by atoms with Gasteiger partial charge in [-0.15, -0.1) is 11.3 Å². The topological polar surface area (TPSA) is 72.2 Å². The van der Waals surface area contributed by atoms with Crippen LogP contribution in [-0.2, 0) is 6.54 Å². The van der Waals surface area contributed by atoms with Crippen LogP contribution in [-0.4, -0.2) is 20.6 Å². The first-order valence-electron chi connectivity index (χ1n) is 7.26. The number of carbonyl (C=O) groups is 1. The minimum atomic E-state index is -1.03. The molecule has 0 aliphatic carbocycles. The first-order valence-corrected chi connectivity index (χ1v) is 8.93. The predicted octanol–water partition coefficient (Wildman–Crippen LogP) is 3.86. The smallest absolute Gasteiger partial charge is 0.335 e. The average Bonchev–Trinajstić information content (AvgIpc) is 3.14. The van der Waals surface area contributed by atoms with E-state index in [4.69, 9.17) is 5.11 Å². The Morgan fingerprint density at radius 3 is 2.92 bits per heavy atom. The fourth-order valence-electron chi connectivity index (χ4n) is 2.86. The number of benzene rings is 1. The van der Waals surface area contributed by atoms with Gasteiger partial charge in [-0.1, -0.05) is 0 Å². The number of allylic oxidation sites excluding steroid dienone is 1. The molecule has 2 aromatic heterocycles. The summed E-state index contributed by atoms with van der Waals surface area (Å²) in [5.41, 5.74) is 1.42. The van der Waals surface area contributed by atoms with E-state index in [9.17, 15) is 9.59 Å². The van der Waals surface area contributed by atoms with Gasteiger partial charge < -0.3 is 5.11 Å². The third-order valence-electron chi connectivity index (χ3n) is 4.00. The molecule has 1 aliphatic heterocycles. The lowest BCUT2D eigenvalue weighted by Gasteiger charge is -2.06. The number of halogens is 1. The highest BCUT2D eigenvalue weighted by molar-refractivity contribution is 9.10. The summed E-state index contributed by atoms with van der Waals surface area (Å²) in [4.78, 5) is 29.4. The van der Waals surface area contributed by atoms with E-state index in [1.165, 1.54) is 12.1 Å². The minimum absolute atomic E-state index is 0.123. The Kier molecular flexibility index (Phi) is 3.62. The van der Waals surface area contributed by atoms with Crippen molar-refractivity contribution in [3.05, 3.63) is 60.7 Å². The molecule has 0 bridgehead atoms. The van der Waals surface area contributed by atoms with Crippen molar-refractivity contribution in [2.24, 2.45) is 0 Å². The monoisotopic (exact) mass is 402 g/mol. The Balaban J connectivity index is 1.91. The van der Waals surface area contributed by atoms with Crippen molar-refractivity contribution in [2.75, 3.05) is 0 Å². The molecule has 1 aliphatic rings. The first kappa shape index (κ1) is 15.3. The Labute approximate surface area is 149 Å². The lowest BCUT2D eigenvalue weighted by Crippen LogP contribution is -2.20.